The Labute approximate surface area is 116 Å². The standard InChI is InChI=1S/C13H17FN4S/c1-15-7-8-18(2)13-16-12(17-19-13)9-10-5-3-4-6-11(10)14/h3-6,15H,7-9H2,1-2H3. The van der Waals surface area contributed by atoms with E-state index in [-0.39, 0.29) is 5.82 Å². The van der Waals surface area contributed by atoms with E-state index in [0.717, 1.165) is 18.2 Å². The van der Waals surface area contributed by atoms with Gasteiger partial charge in [-0.05, 0) is 18.7 Å². The molecule has 6 heteroatoms. The van der Waals surface area contributed by atoms with E-state index in [9.17, 15) is 4.39 Å². The first-order chi connectivity index (χ1) is 9.20. The van der Waals surface area contributed by atoms with Crippen molar-refractivity contribution in [3.63, 3.8) is 0 Å². The van der Waals surface area contributed by atoms with Gasteiger partial charge < -0.3 is 10.2 Å². The van der Waals surface area contributed by atoms with E-state index < -0.39 is 0 Å². The van der Waals surface area contributed by atoms with Gasteiger partial charge in [0.25, 0.3) is 0 Å². The summed E-state index contributed by atoms with van der Waals surface area (Å²) in [4.78, 5) is 6.48. The number of benzene rings is 1. The second-order valence-electron chi connectivity index (χ2n) is 4.29. The van der Waals surface area contributed by atoms with E-state index >= 15 is 0 Å². The molecular weight excluding hydrogens is 263 g/mol. The molecule has 19 heavy (non-hydrogen) atoms. The van der Waals surface area contributed by atoms with Gasteiger partial charge in [-0.3, -0.25) is 0 Å². The molecule has 2 aromatic rings. The Balaban J connectivity index is 2.03. The zero-order chi connectivity index (χ0) is 13.7. The first-order valence-electron chi connectivity index (χ1n) is 6.12. The van der Waals surface area contributed by atoms with Crippen LogP contribution in [0.1, 0.15) is 11.4 Å². The molecule has 1 aromatic carbocycles. The predicted molar refractivity (Wildman–Crippen MR) is 76.3 cm³/mol. The Bertz CT molecular complexity index is 529. The van der Waals surface area contributed by atoms with Crippen LogP contribution in [0.3, 0.4) is 0 Å². The van der Waals surface area contributed by atoms with Crippen LogP contribution in [0, 0.1) is 5.82 Å². The Morgan fingerprint density at radius 2 is 2.16 bits per heavy atom. The third-order valence-corrected chi connectivity index (χ3v) is 3.66. The second kappa shape index (κ2) is 6.58. The molecule has 0 saturated carbocycles. The van der Waals surface area contributed by atoms with Crippen molar-refractivity contribution in [1.29, 1.82) is 0 Å². The van der Waals surface area contributed by atoms with E-state index in [1.807, 2.05) is 25.1 Å². The van der Waals surface area contributed by atoms with Crippen LogP contribution >= 0.6 is 11.5 Å². The van der Waals surface area contributed by atoms with Crippen molar-refractivity contribution in [2.75, 3.05) is 32.1 Å². The van der Waals surface area contributed by atoms with Crippen molar-refractivity contribution < 1.29 is 4.39 Å². The van der Waals surface area contributed by atoms with Gasteiger partial charge in [0.15, 0.2) is 0 Å². The van der Waals surface area contributed by atoms with Gasteiger partial charge >= 0.3 is 0 Å². The molecule has 0 radical (unpaired) electrons. The minimum atomic E-state index is -0.206. The van der Waals surface area contributed by atoms with Gasteiger partial charge in [-0.15, -0.1) is 0 Å². The van der Waals surface area contributed by atoms with Gasteiger partial charge in [-0.2, -0.15) is 4.37 Å². The largest absolute Gasteiger partial charge is 0.349 e. The van der Waals surface area contributed by atoms with Gasteiger partial charge in [0.1, 0.15) is 11.6 Å². The summed E-state index contributed by atoms with van der Waals surface area (Å²) in [6.45, 7) is 1.75. The maximum Gasteiger partial charge on any atom is 0.204 e. The molecule has 0 fully saturated rings. The number of nitrogens with zero attached hydrogens (tertiary/aromatic N) is 3. The van der Waals surface area contributed by atoms with E-state index in [1.54, 1.807) is 12.1 Å². The molecule has 0 aliphatic rings. The molecule has 102 valence electrons. The average Bonchev–Trinajstić information content (AvgIpc) is 2.87. The fraction of sp³-hybridized carbons (Fsp3) is 0.385. The van der Waals surface area contributed by atoms with Crippen molar-refractivity contribution in [2.45, 2.75) is 6.42 Å². The van der Waals surface area contributed by atoms with Crippen molar-refractivity contribution in [1.82, 2.24) is 14.7 Å². The highest BCUT2D eigenvalue weighted by molar-refractivity contribution is 7.09. The summed E-state index contributed by atoms with van der Waals surface area (Å²) >= 11 is 1.35. The molecule has 0 aliphatic heterocycles. The summed E-state index contributed by atoms with van der Waals surface area (Å²) in [5.74, 6) is 0.462. The van der Waals surface area contributed by atoms with Gasteiger partial charge in [-0.25, -0.2) is 9.37 Å². The number of likely N-dealkylation sites (N-methyl/N-ethyl adjacent to an activating group) is 2. The highest BCUT2D eigenvalue weighted by atomic mass is 32.1. The normalized spacial score (nSPS) is 10.7. The quantitative estimate of drug-likeness (QED) is 0.878. The van der Waals surface area contributed by atoms with Gasteiger partial charge in [-0.1, -0.05) is 18.2 Å². The van der Waals surface area contributed by atoms with Crippen LogP contribution in [0.5, 0.6) is 0 Å². The monoisotopic (exact) mass is 280 g/mol. The molecule has 0 spiro atoms. The third kappa shape index (κ3) is 3.71. The number of hydrogen-bond acceptors (Lipinski definition) is 5. The van der Waals surface area contributed by atoms with E-state index in [1.165, 1.54) is 17.6 Å². The molecule has 1 heterocycles. The first-order valence-corrected chi connectivity index (χ1v) is 6.89. The second-order valence-corrected chi connectivity index (χ2v) is 5.02. The topological polar surface area (TPSA) is 41.0 Å². The number of halogens is 1. The van der Waals surface area contributed by atoms with Gasteiger partial charge in [0.05, 0.1) is 0 Å². The summed E-state index contributed by atoms with van der Waals surface area (Å²) in [5.41, 5.74) is 0.629. The molecule has 0 bridgehead atoms. The number of anilines is 1. The minimum absolute atomic E-state index is 0.206. The Hall–Kier alpha value is -1.53. The highest BCUT2D eigenvalue weighted by Gasteiger charge is 2.10. The number of rotatable bonds is 6. The van der Waals surface area contributed by atoms with Crippen LogP contribution in [0.2, 0.25) is 0 Å². The van der Waals surface area contributed by atoms with Crippen LogP contribution in [-0.4, -0.2) is 36.5 Å². The maximum atomic E-state index is 13.5. The van der Waals surface area contributed by atoms with Crippen LogP contribution in [-0.2, 0) is 6.42 Å². The Morgan fingerprint density at radius 1 is 1.37 bits per heavy atom. The van der Waals surface area contributed by atoms with Crippen molar-refractivity contribution >= 4 is 16.7 Å². The molecule has 1 aromatic heterocycles. The number of hydrogen-bond donors (Lipinski definition) is 1. The molecule has 0 amide bonds. The van der Waals surface area contributed by atoms with Crippen molar-refractivity contribution in [3.8, 4) is 0 Å². The molecule has 4 nitrogen and oxygen atoms in total. The maximum absolute atomic E-state index is 13.5. The van der Waals surface area contributed by atoms with Crippen molar-refractivity contribution in [2.24, 2.45) is 0 Å². The highest BCUT2D eigenvalue weighted by Crippen LogP contribution is 2.18. The summed E-state index contributed by atoms with van der Waals surface area (Å²) in [6, 6.07) is 6.73. The SMILES string of the molecule is CNCCN(C)c1nc(Cc2ccccc2F)ns1. The fourth-order valence-electron chi connectivity index (χ4n) is 1.66. The van der Waals surface area contributed by atoms with Crippen molar-refractivity contribution in [3.05, 3.63) is 41.5 Å². The zero-order valence-electron chi connectivity index (χ0n) is 11.1. The smallest absolute Gasteiger partial charge is 0.204 e. The average molecular weight is 280 g/mol. The van der Waals surface area contributed by atoms with E-state index in [2.05, 4.69) is 14.7 Å². The lowest BCUT2D eigenvalue weighted by Crippen LogP contribution is -2.26. The summed E-state index contributed by atoms with van der Waals surface area (Å²) in [7, 11) is 3.89. The lowest BCUT2D eigenvalue weighted by atomic mass is 10.1. The van der Waals surface area contributed by atoms with Crippen LogP contribution < -0.4 is 10.2 Å². The summed E-state index contributed by atoms with van der Waals surface area (Å²) < 4.78 is 17.8. The van der Waals surface area contributed by atoms with Crippen LogP contribution in [0.25, 0.3) is 0 Å². The molecule has 0 unspecified atom stereocenters. The summed E-state index contributed by atoms with van der Waals surface area (Å²) in [5, 5.41) is 3.95. The Kier molecular flexibility index (Phi) is 4.81. The van der Waals surface area contributed by atoms with Crippen LogP contribution in [0.4, 0.5) is 9.52 Å². The van der Waals surface area contributed by atoms with E-state index in [0.29, 0.717) is 17.8 Å². The van der Waals surface area contributed by atoms with E-state index in [4.69, 9.17) is 0 Å². The molecule has 0 atom stereocenters. The predicted octanol–water partition coefficient (Wildman–Crippen LogP) is 1.92. The fourth-order valence-corrected chi connectivity index (χ4v) is 2.33. The number of aromatic nitrogens is 2. The molecule has 1 N–H and O–H groups in total. The molecule has 0 aliphatic carbocycles. The van der Waals surface area contributed by atoms with Gasteiger partial charge in [0, 0.05) is 38.1 Å². The van der Waals surface area contributed by atoms with Gasteiger partial charge in [0.2, 0.25) is 5.13 Å². The van der Waals surface area contributed by atoms with Crippen LogP contribution in [0.15, 0.2) is 24.3 Å². The minimum Gasteiger partial charge on any atom is -0.349 e. The Morgan fingerprint density at radius 3 is 2.89 bits per heavy atom. The summed E-state index contributed by atoms with van der Waals surface area (Å²) in [6.07, 6.45) is 0.434. The molecular formula is C13H17FN4S. The molecule has 0 saturated heterocycles. The zero-order valence-corrected chi connectivity index (χ0v) is 11.9. The lowest BCUT2D eigenvalue weighted by molar-refractivity contribution is 0.612. The number of nitrogens with one attached hydrogen (secondary N) is 1. The third-order valence-electron chi connectivity index (χ3n) is 2.79. The first kappa shape index (κ1) is 13.9. The lowest BCUT2D eigenvalue weighted by Gasteiger charge is -2.13. The molecule has 2 rings (SSSR count).